The Labute approximate surface area is 54.0 Å². The van der Waals surface area contributed by atoms with Crippen LogP contribution in [-0.2, 0) is 0 Å². The molecular formula is C5H12N2O2. The molecule has 0 rings (SSSR count). The first-order valence-electron chi connectivity index (χ1n) is 2.85. The standard InChI is InChI=1S/C5H12N2O2/c1-2-5(3-8,4-9)7-6/h6,8-9H,2-4H2,1H3. The molecule has 0 unspecified atom stereocenters. The van der Waals surface area contributed by atoms with Crippen LogP contribution in [0.25, 0.3) is 0 Å². The Morgan fingerprint density at radius 2 is 1.89 bits per heavy atom. The van der Waals surface area contributed by atoms with Crippen molar-refractivity contribution in [2.24, 2.45) is 5.11 Å². The minimum absolute atomic E-state index is 0.260. The van der Waals surface area contributed by atoms with Crippen molar-refractivity contribution in [1.82, 2.24) is 0 Å². The molecular weight excluding hydrogens is 120 g/mol. The Balaban J connectivity index is 3.98. The number of nitrogens with one attached hydrogen (secondary N) is 1. The van der Waals surface area contributed by atoms with E-state index in [1.807, 2.05) is 0 Å². The van der Waals surface area contributed by atoms with Crippen LogP contribution in [0.3, 0.4) is 0 Å². The molecule has 0 radical (unpaired) electrons. The van der Waals surface area contributed by atoms with E-state index in [0.717, 1.165) is 0 Å². The van der Waals surface area contributed by atoms with Gasteiger partial charge < -0.3 is 10.2 Å². The van der Waals surface area contributed by atoms with Gasteiger partial charge in [-0.2, -0.15) is 5.11 Å². The lowest BCUT2D eigenvalue weighted by atomic mass is 10.0. The smallest absolute Gasteiger partial charge is 0.127 e. The summed E-state index contributed by atoms with van der Waals surface area (Å²) in [6.07, 6.45) is 0.490. The van der Waals surface area contributed by atoms with Gasteiger partial charge in [0.25, 0.3) is 0 Å². The van der Waals surface area contributed by atoms with E-state index in [4.69, 9.17) is 15.7 Å². The molecule has 0 saturated carbocycles. The number of aliphatic hydroxyl groups excluding tert-OH is 2. The first-order chi connectivity index (χ1) is 4.24. The van der Waals surface area contributed by atoms with Gasteiger partial charge >= 0.3 is 0 Å². The van der Waals surface area contributed by atoms with Gasteiger partial charge in [-0.15, -0.1) is 0 Å². The molecule has 4 nitrogen and oxygen atoms in total. The highest BCUT2D eigenvalue weighted by Gasteiger charge is 2.24. The predicted molar refractivity (Wildman–Crippen MR) is 32.3 cm³/mol. The van der Waals surface area contributed by atoms with Crippen molar-refractivity contribution >= 4 is 0 Å². The monoisotopic (exact) mass is 132 g/mol. The van der Waals surface area contributed by atoms with Crippen LogP contribution in [0, 0.1) is 5.53 Å². The van der Waals surface area contributed by atoms with Crippen LogP contribution in [0.2, 0.25) is 0 Å². The molecule has 0 aliphatic carbocycles. The largest absolute Gasteiger partial charge is 0.394 e. The first kappa shape index (κ1) is 8.52. The zero-order chi connectivity index (χ0) is 7.33. The Morgan fingerprint density at radius 3 is 1.89 bits per heavy atom. The van der Waals surface area contributed by atoms with Crippen molar-refractivity contribution < 1.29 is 10.2 Å². The molecule has 0 heterocycles. The van der Waals surface area contributed by atoms with E-state index in [0.29, 0.717) is 6.42 Å². The maximum absolute atomic E-state index is 8.60. The molecule has 0 saturated heterocycles. The Kier molecular flexibility index (Phi) is 3.34. The van der Waals surface area contributed by atoms with Gasteiger partial charge in [-0.25, -0.2) is 5.53 Å². The fraction of sp³-hybridized carbons (Fsp3) is 1.00. The van der Waals surface area contributed by atoms with Crippen LogP contribution in [0.15, 0.2) is 5.11 Å². The van der Waals surface area contributed by atoms with Crippen LogP contribution in [-0.4, -0.2) is 29.0 Å². The van der Waals surface area contributed by atoms with E-state index in [9.17, 15) is 0 Å². The van der Waals surface area contributed by atoms with E-state index >= 15 is 0 Å². The summed E-state index contributed by atoms with van der Waals surface area (Å²) in [6.45, 7) is 1.25. The summed E-state index contributed by atoms with van der Waals surface area (Å²) in [5.41, 5.74) is 5.68. The lowest BCUT2D eigenvalue weighted by Gasteiger charge is -2.19. The van der Waals surface area contributed by atoms with Crippen molar-refractivity contribution in [2.75, 3.05) is 13.2 Å². The van der Waals surface area contributed by atoms with Crippen molar-refractivity contribution in [1.29, 1.82) is 5.53 Å². The van der Waals surface area contributed by atoms with Gasteiger partial charge in [0.1, 0.15) is 5.54 Å². The summed E-state index contributed by atoms with van der Waals surface area (Å²) in [7, 11) is 0. The molecule has 0 fully saturated rings. The third kappa shape index (κ3) is 1.73. The Hall–Kier alpha value is -0.480. The van der Waals surface area contributed by atoms with Crippen molar-refractivity contribution in [3.8, 4) is 0 Å². The number of hydrogen-bond acceptors (Lipinski definition) is 4. The highest BCUT2D eigenvalue weighted by molar-refractivity contribution is 4.82. The highest BCUT2D eigenvalue weighted by Crippen LogP contribution is 2.12. The lowest BCUT2D eigenvalue weighted by molar-refractivity contribution is 0.112. The summed E-state index contributed by atoms with van der Waals surface area (Å²) in [4.78, 5) is 0. The molecule has 0 bridgehead atoms. The summed E-state index contributed by atoms with van der Waals surface area (Å²) in [6, 6.07) is 0. The van der Waals surface area contributed by atoms with Crippen LogP contribution < -0.4 is 0 Å². The van der Waals surface area contributed by atoms with Gasteiger partial charge in [-0.05, 0) is 6.42 Å². The van der Waals surface area contributed by atoms with Crippen LogP contribution >= 0.6 is 0 Å². The predicted octanol–water partition coefficient (Wildman–Crippen LogP) is 0.151. The zero-order valence-corrected chi connectivity index (χ0v) is 5.46. The average Bonchev–Trinajstić information content (AvgIpc) is 1.95. The molecule has 9 heavy (non-hydrogen) atoms. The van der Waals surface area contributed by atoms with Crippen molar-refractivity contribution in [2.45, 2.75) is 18.9 Å². The Bertz CT molecular complexity index is 82.7. The van der Waals surface area contributed by atoms with E-state index in [-0.39, 0.29) is 13.2 Å². The fourth-order valence-corrected chi connectivity index (χ4v) is 0.423. The average molecular weight is 132 g/mol. The maximum atomic E-state index is 8.60. The number of hydrogen-bond donors (Lipinski definition) is 3. The quantitative estimate of drug-likeness (QED) is 0.476. The maximum Gasteiger partial charge on any atom is 0.127 e. The molecule has 0 aliphatic heterocycles. The summed E-state index contributed by atoms with van der Waals surface area (Å²) in [5.74, 6) is 0. The summed E-state index contributed by atoms with van der Waals surface area (Å²) in [5, 5.41) is 20.3. The van der Waals surface area contributed by atoms with Crippen molar-refractivity contribution in [3.63, 3.8) is 0 Å². The molecule has 0 aromatic heterocycles. The number of aliphatic hydroxyl groups is 2. The Morgan fingerprint density at radius 1 is 1.44 bits per heavy atom. The van der Waals surface area contributed by atoms with Crippen molar-refractivity contribution in [3.05, 3.63) is 0 Å². The van der Waals surface area contributed by atoms with Gasteiger partial charge in [-0.1, -0.05) is 6.92 Å². The van der Waals surface area contributed by atoms with Gasteiger partial charge in [-0.3, -0.25) is 0 Å². The normalized spacial score (nSPS) is 11.4. The van der Waals surface area contributed by atoms with Gasteiger partial charge in [0.15, 0.2) is 0 Å². The molecule has 0 amide bonds. The second kappa shape index (κ2) is 3.53. The molecule has 0 aliphatic rings. The summed E-state index contributed by atoms with van der Waals surface area (Å²) >= 11 is 0. The molecule has 0 aromatic carbocycles. The van der Waals surface area contributed by atoms with Gasteiger partial charge in [0.05, 0.1) is 13.2 Å². The molecule has 3 N–H and O–H groups in total. The highest BCUT2D eigenvalue weighted by atomic mass is 16.3. The SMILES string of the molecule is CCC(CO)(CO)N=N. The zero-order valence-electron chi connectivity index (χ0n) is 5.46. The molecule has 4 heteroatoms. The molecule has 54 valence electrons. The number of rotatable bonds is 4. The molecule has 0 spiro atoms. The lowest BCUT2D eigenvalue weighted by Crippen LogP contribution is -2.33. The van der Waals surface area contributed by atoms with Gasteiger partial charge in [0.2, 0.25) is 0 Å². The van der Waals surface area contributed by atoms with Crippen LogP contribution in [0.1, 0.15) is 13.3 Å². The second-order valence-electron chi connectivity index (χ2n) is 2.01. The first-order valence-corrected chi connectivity index (χ1v) is 2.85. The van der Waals surface area contributed by atoms with Gasteiger partial charge in [0, 0.05) is 0 Å². The van der Waals surface area contributed by atoms with Crippen LogP contribution in [0.4, 0.5) is 0 Å². The second-order valence-corrected chi connectivity index (χ2v) is 2.01. The fourth-order valence-electron chi connectivity index (χ4n) is 0.423. The minimum atomic E-state index is -0.931. The van der Waals surface area contributed by atoms with E-state index in [2.05, 4.69) is 5.11 Å². The third-order valence-corrected chi connectivity index (χ3v) is 1.48. The topological polar surface area (TPSA) is 76.7 Å². The van der Waals surface area contributed by atoms with E-state index in [1.165, 1.54) is 0 Å². The van der Waals surface area contributed by atoms with Crippen LogP contribution in [0.5, 0.6) is 0 Å². The summed E-state index contributed by atoms with van der Waals surface area (Å²) < 4.78 is 0. The van der Waals surface area contributed by atoms with E-state index in [1.54, 1.807) is 6.92 Å². The molecule has 0 aromatic rings. The third-order valence-electron chi connectivity index (χ3n) is 1.48. The minimum Gasteiger partial charge on any atom is -0.394 e. The number of nitrogens with zero attached hydrogens (tertiary/aromatic N) is 1. The van der Waals surface area contributed by atoms with E-state index < -0.39 is 5.54 Å². The molecule has 0 atom stereocenters.